The summed E-state index contributed by atoms with van der Waals surface area (Å²) in [6.45, 7) is 5.10. The molecule has 1 aliphatic heterocycles. The van der Waals surface area contributed by atoms with Crippen molar-refractivity contribution in [2.24, 2.45) is 28.6 Å². The number of carbonyl (C=O) groups excluding carboxylic acids is 2. The van der Waals surface area contributed by atoms with Crippen LogP contribution in [-0.2, 0) is 4.79 Å². The van der Waals surface area contributed by atoms with Gasteiger partial charge in [0.05, 0.1) is 0 Å². The lowest BCUT2D eigenvalue weighted by Crippen LogP contribution is -2.69. The van der Waals surface area contributed by atoms with Gasteiger partial charge in [-0.1, -0.05) is 56.8 Å². The molecule has 0 bridgehead atoms. The third kappa shape index (κ3) is 4.14. The summed E-state index contributed by atoms with van der Waals surface area (Å²) in [6.07, 6.45) is 15.8. The number of unbranched alkanes of at least 4 members (excludes halogenated alkanes) is 2. The summed E-state index contributed by atoms with van der Waals surface area (Å²) in [7, 11) is 0. The van der Waals surface area contributed by atoms with Gasteiger partial charge >= 0.3 is 0 Å². The van der Waals surface area contributed by atoms with E-state index in [0.717, 1.165) is 56.3 Å². The van der Waals surface area contributed by atoms with E-state index in [4.69, 9.17) is 11.6 Å². The molecule has 3 aliphatic carbocycles. The first-order valence-electron chi connectivity index (χ1n) is 13.9. The SMILES string of the molecule is C[C@@]12CCC[C@H]1[C@@H]1CC[C@@]3(CCCCCC(=O)c4cccc(Cl)c4)NC(=O)CC[C@]3(C)[C@H]1CC2. The molecule has 1 heterocycles. The fraction of sp³-hybridized carbons (Fsp3) is 0.733. The van der Waals surface area contributed by atoms with Crippen LogP contribution in [0.1, 0.15) is 114 Å². The quantitative estimate of drug-likeness (QED) is 0.318. The Morgan fingerprint density at radius 1 is 1.03 bits per heavy atom. The molecule has 0 radical (unpaired) electrons. The van der Waals surface area contributed by atoms with Crippen molar-refractivity contribution in [1.29, 1.82) is 0 Å². The van der Waals surface area contributed by atoms with E-state index in [1.807, 2.05) is 12.1 Å². The molecule has 4 aliphatic rings. The van der Waals surface area contributed by atoms with E-state index in [9.17, 15) is 9.59 Å². The minimum atomic E-state index is -0.0488. The van der Waals surface area contributed by atoms with Crippen molar-refractivity contribution in [2.75, 3.05) is 0 Å². The van der Waals surface area contributed by atoms with Gasteiger partial charge in [0.1, 0.15) is 0 Å². The fourth-order valence-electron chi connectivity index (χ4n) is 9.03. The van der Waals surface area contributed by atoms with E-state index >= 15 is 0 Å². The van der Waals surface area contributed by atoms with E-state index in [-0.39, 0.29) is 22.6 Å². The Kier molecular flexibility index (Phi) is 6.63. The highest BCUT2D eigenvalue weighted by Gasteiger charge is 2.63. The Hall–Kier alpha value is -1.35. The molecule has 186 valence electrons. The van der Waals surface area contributed by atoms with Crippen LogP contribution in [0.2, 0.25) is 5.02 Å². The monoisotopic (exact) mass is 483 g/mol. The second-order valence-electron chi connectivity index (χ2n) is 12.5. The summed E-state index contributed by atoms with van der Waals surface area (Å²) in [4.78, 5) is 25.2. The van der Waals surface area contributed by atoms with E-state index in [1.54, 1.807) is 12.1 Å². The van der Waals surface area contributed by atoms with Gasteiger partial charge in [0, 0.05) is 29.0 Å². The molecular formula is C30H42ClNO2. The molecule has 1 aromatic carbocycles. The lowest BCUT2D eigenvalue weighted by molar-refractivity contribution is -0.152. The van der Waals surface area contributed by atoms with Gasteiger partial charge in [-0.05, 0) is 98.5 Å². The zero-order valence-electron chi connectivity index (χ0n) is 21.1. The van der Waals surface area contributed by atoms with E-state index in [2.05, 4.69) is 19.2 Å². The molecule has 0 spiro atoms. The summed E-state index contributed by atoms with van der Waals surface area (Å²) in [5, 5.41) is 4.20. The number of rotatable bonds is 7. The molecule has 3 nitrogen and oxygen atoms in total. The first-order valence-corrected chi connectivity index (χ1v) is 14.2. The number of benzene rings is 1. The zero-order valence-corrected chi connectivity index (χ0v) is 21.9. The van der Waals surface area contributed by atoms with Crippen molar-refractivity contribution in [3.05, 3.63) is 34.9 Å². The van der Waals surface area contributed by atoms with Crippen molar-refractivity contribution in [1.82, 2.24) is 5.32 Å². The Morgan fingerprint density at radius 3 is 2.71 bits per heavy atom. The van der Waals surface area contributed by atoms with Crippen LogP contribution >= 0.6 is 11.6 Å². The summed E-state index contributed by atoms with van der Waals surface area (Å²) in [5.41, 5.74) is 1.45. The molecule has 1 N–H and O–H groups in total. The maximum absolute atomic E-state index is 12.7. The number of piperidine rings is 1. The van der Waals surface area contributed by atoms with Gasteiger partial charge < -0.3 is 5.32 Å². The van der Waals surface area contributed by atoms with Crippen LogP contribution in [0, 0.1) is 28.6 Å². The van der Waals surface area contributed by atoms with Crippen LogP contribution in [0.15, 0.2) is 24.3 Å². The van der Waals surface area contributed by atoms with E-state index in [0.29, 0.717) is 28.8 Å². The van der Waals surface area contributed by atoms with E-state index in [1.165, 1.54) is 38.5 Å². The van der Waals surface area contributed by atoms with Crippen LogP contribution in [0.5, 0.6) is 0 Å². The predicted octanol–water partition coefficient (Wildman–Crippen LogP) is 7.75. The number of carbonyl (C=O) groups is 2. The molecule has 1 aromatic rings. The summed E-state index contributed by atoms with van der Waals surface area (Å²) in [6, 6.07) is 7.27. The van der Waals surface area contributed by atoms with Crippen molar-refractivity contribution >= 4 is 23.3 Å². The molecule has 5 rings (SSSR count). The van der Waals surface area contributed by atoms with Crippen LogP contribution in [0.4, 0.5) is 0 Å². The average Bonchev–Trinajstić information content (AvgIpc) is 3.21. The topological polar surface area (TPSA) is 46.2 Å². The molecule has 0 unspecified atom stereocenters. The second-order valence-corrected chi connectivity index (χ2v) is 13.0. The number of Topliss-reactive ketones (excluding diaryl/α,β-unsaturated/α-hetero) is 1. The maximum atomic E-state index is 12.7. The molecular weight excluding hydrogens is 442 g/mol. The van der Waals surface area contributed by atoms with Crippen molar-refractivity contribution in [2.45, 2.75) is 109 Å². The van der Waals surface area contributed by atoms with Gasteiger partial charge in [0.15, 0.2) is 5.78 Å². The summed E-state index contributed by atoms with van der Waals surface area (Å²) in [5.74, 6) is 2.94. The Labute approximate surface area is 210 Å². The molecule has 4 heteroatoms. The normalized spacial score (nSPS) is 39.0. The molecule has 3 saturated carbocycles. The Balaban J connectivity index is 1.23. The summed E-state index contributed by atoms with van der Waals surface area (Å²) >= 11 is 6.05. The standard InChI is InChI=1S/C30H42ClNO2/c1-28-15-7-10-24(28)23-12-19-30(29(2,25(23)13-17-28)18-14-27(34)32-30)16-5-3-4-11-26(33)21-8-6-9-22(31)20-21/h6,8-9,20,23-25H,3-5,7,10-19H2,1-2H3,(H,32,34)/t23-,24-,25-,28-,29+,30+/m0/s1. The van der Waals surface area contributed by atoms with Gasteiger partial charge in [-0.15, -0.1) is 0 Å². The van der Waals surface area contributed by atoms with Crippen LogP contribution in [-0.4, -0.2) is 17.2 Å². The van der Waals surface area contributed by atoms with E-state index < -0.39 is 0 Å². The predicted molar refractivity (Wildman–Crippen MR) is 138 cm³/mol. The van der Waals surface area contributed by atoms with Crippen LogP contribution in [0.25, 0.3) is 0 Å². The largest absolute Gasteiger partial charge is 0.350 e. The number of fused-ring (bicyclic) bond motifs is 5. The third-order valence-corrected chi connectivity index (χ3v) is 11.2. The highest BCUT2D eigenvalue weighted by atomic mass is 35.5. The average molecular weight is 484 g/mol. The van der Waals surface area contributed by atoms with Gasteiger partial charge in [-0.2, -0.15) is 0 Å². The first-order chi connectivity index (χ1) is 16.3. The lowest BCUT2D eigenvalue weighted by atomic mass is 9.43. The minimum absolute atomic E-state index is 0.0488. The molecule has 34 heavy (non-hydrogen) atoms. The maximum Gasteiger partial charge on any atom is 0.220 e. The van der Waals surface area contributed by atoms with Crippen molar-refractivity contribution < 1.29 is 9.59 Å². The smallest absolute Gasteiger partial charge is 0.220 e. The van der Waals surface area contributed by atoms with Crippen molar-refractivity contribution in [3.8, 4) is 0 Å². The third-order valence-electron chi connectivity index (χ3n) is 10.9. The Morgan fingerprint density at radius 2 is 1.88 bits per heavy atom. The molecule has 1 amide bonds. The number of hydrogen-bond donors (Lipinski definition) is 1. The highest BCUT2D eigenvalue weighted by molar-refractivity contribution is 6.31. The first kappa shape index (κ1) is 24.3. The molecule has 4 fully saturated rings. The van der Waals surface area contributed by atoms with Crippen LogP contribution in [0.3, 0.4) is 0 Å². The number of hydrogen-bond acceptors (Lipinski definition) is 2. The van der Waals surface area contributed by atoms with Gasteiger partial charge in [-0.3, -0.25) is 9.59 Å². The fourth-order valence-corrected chi connectivity index (χ4v) is 9.22. The molecule has 0 aromatic heterocycles. The second kappa shape index (κ2) is 9.26. The van der Waals surface area contributed by atoms with Gasteiger partial charge in [-0.25, -0.2) is 0 Å². The number of ketones is 1. The molecule has 1 saturated heterocycles. The minimum Gasteiger partial charge on any atom is -0.350 e. The van der Waals surface area contributed by atoms with Gasteiger partial charge in [0.2, 0.25) is 5.91 Å². The van der Waals surface area contributed by atoms with Crippen LogP contribution < -0.4 is 5.32 Å². The van der Waals surface area contributed by atoms with Gasteiger partial charge in [0.25, 0.3) is 0 Å². The molecule has 6 atom stereocenters. The Bertz CT molecular complexity index is 945. The number of halogens is 1. The number of nitrogens with one attached hydrogen (secondary N) is 1. The van der Waals surface area contributed by atoms with Crippen molar-refractivity contribution in [3.63, 3.8) is 0 Å². The highest BCUT2D eigenvalue weighted by Crippen LogP contribution is 2.66. The number of amides is 1. The lowest BCUT2D eigenvalue weighted by Gasteiger charge is -2.65. The summed E-state index contributed by atoms with van der Waals surface area (Å²) < 4.78 is 0. The zero-order chi connectivity index (χ0) is 24.0.